The molecule has 0 spiro atoms. The molecular weight excluding hydrogens is 397 g/mol. The number of imidazole rings is 1. The minimum absolute atomic E-state index is 0.140. The largest absolute Gasteiger partial charge is 0.494 e. The zero-order chi connectivity index (χ0) is 21.4. The predicted molar refractivity (Wildman–Crippen MR) is 112 cm³/mol. The molecular formula is C23H22FN5O2. The number of hydrogen-bond acceptors (Lipinski definition) is 5. The van der Waals surface area contributed by atoms with E-state index in [1.165, 1.54) is 25.5 Å². The van der Waals surface area contributed by atoms with Crippen molar-refractivity contribution in [3.05, 3.63) is 77.3 Å². The highest BCUT2D eigenvalue weighted by atomic mass is 19.1. The summed E-state index contributed by atoms with van der Waals surface area (Å²) in [4.78, 5) is 17.1. The van der Waals surface area contributed by atoms with Crippen LogP contribution in [-0.2, 0) is 13.0 Å². The van der Waals surface area contributed by atoms with E-state index in [0.29, 0.717) is 18.0 Å². The second kappa shape index (κ2) is 7.94. The molecule has 1 aliphatic rings. The van der Waals surface area contributed by atoms with Crippen LogP contribution in [0.1, 0.15) is 52.5 Å². The Balaban J connectivity index is 1.24. The van der Waals surface area contributed by atoms with Crippen molar-refractivity contribution >= 4 is 11.4 Å². The fourth-order valence-electron chi connectivity index (χ4n) is 3.75. The quantitative estimate of drug-likeness (QED) is 0.406. The van der Waals surface area contributed by atoms with Crippen LogP contribution in [0.5, 0.6) is 5.75 Å². The van der Waals surface area contributed by atoms with E-state index in [2.05, 4.69) is 27.6 Å². The number of fused-ring (bicyclic) bond motifs is 1. The van der Waals surface area contributed by atoms with E-state index < -0.39 is 5.82 Å². The van der Waals surface area contributed by atoms with Gasteiger partial charge in [-0.3, -0.25) is 4.79 Å². The number of carbonyl (C=O) groups is 1. The lowest BCUT2D eigenvalue weighted by Crippen LogP contribution is -2.04. The number of halogens is 1. The molecule has 8 heteroatoms. The van der Waals surface area contributed by atoms with Gasteiger partial charge in [0, 0.05) is 18.8 Å². The highest BCUT2D eigenvalue weighted by Gasteiger charge is 2.23. The maximum Gasteiger partial charge on any atom is 0.185 e. The second-order valence-electron chi connectivity index (χ2n) is 7.89. The first-order valence-corrected chi connectivity index (χ1v) is 10.3. The normalized spacial score (nSPS) is 13.6. The van der Waals surface area contributed by atoms with E-state index in [1.807, 2.05) is 16.7 Å². The van der Waals surface area contributed by atoms with Gasteiger partial charge in [0.2, 0.25) is 0 Å². The molecule has 1 aliphatic carbocycles. The topological polar surface area (TPSA) is 74.3 Å². The lowest BCUT2D eigenvalue weighted by molar-refractivity contribution is 0.0977. The Morgan fingerprint density at radius 2 is 2.06 bits per heavy atom. The lowest BCUT2D eigenvalue weighted by Gasteiger charge is -2.06. The van der Waals surface area contributed by atoms with Crippen molar-refractivity contribution in [1.29, 1.82) is 0 Å². The van der Waals surface area contributed by atoms with Crippen LogP contribution in [0.15, 0.2) is 48.9 Å². The summed E-state index contributed by atoms with van der Waals surface area (Å²) in [5.74, 6) is 0.243. The van der Waals surface area contributed by atoms with Crippen LogP contribution >= 0.6 is 0 Å². The molecule has 3 aromatic heterocycles. The van der Waals surface area contributed by atoms with Crippen molar-refractivity contribution in [2.45, 2.75) is 38.1 Å². The van der Waals surface area contributed by atoms with E-state index in [-0.39, 0.29) is 30.1 Å². The van der Waals surface area contributed by atoms with Gasteiger partial charge in [-0.1, -0.05) is 23.4 Å². The Morgan fingerprint density at radius 3 is 2.87 bits per heavy atom. The van der Waals surface area contributed by atoms with E-state index in [9.17, 15) is 9.18 Å². The van der Waals surface area contributed by atoms with Crippen LogP contribution in [0.25, 0.3) is 5.65 Å². The van der Waals surface area contributed by atoms with Crippen molar-refractivity contribution in [2.24, 2.45) is 0 Å². The predicted octanol–water partition coefficient (Wildman–Crippen LogP) is 3.81. The van der Waals surface area contributed by atoms with E-state index in [1.54, 1.807) is 29.1 Å². The molecule has 158 valence electrons. The second-order valence-corrected chi connectivity index (χ2v) is 7.89. The number of nitrogens with zero attached hydrogens (tertiary/aromatic N) is 5. The van der Waals surface area contributed by atoms with Crippen LogP contribution in [0.4, 0.5) is 4.39 Å². The Hall–Kier alpha value is -3.55. The van der Waals surface area contributed by atoms with Gasteiger partial charge in [-0.05, 0) is 48.4 Å². The zero-order valence-corrected chi connectivity index (χ0v) is 17.2. The SMILES string of the molecule is COc1cccc(CCC(=O)c2cn(Cc3cn4cc(C5CC5)ccc4n3)nn2)c1F. The summed E-state index contributed by atoms with van der Waals surface area (Å²) in [7, 11) is 1.42. The van der Waals surface area contributed by atoms with Gasteiger partial charge < -0.3 is 9.14 Å². The average molecular weight is 419 g/mol. The number of pyridine rings is 1. The molecule has 0 unspecified atom stereocenters. The number of aromatic nitrogens is 5. The minimum atomic E-state index is -0.432. The van der Waals surface area contributed by atoms with Gasteiger partial charge in [-0.2, -0.15) is 0 Å². The fourth-order valence-corrected chi connectivity index (χ4v) is 3.75. The van der Waals surface area contributed by atoms with Crippen LogP contribution in [0.2, 0.25) is 0 Å². The molecule has 0 aliphatic heterocycles. The van der Waals surface area contributed by atoms with Gasteiger partial charge in [0.25, 0.3) is 0 Å². The maximum absolute atomic E-state index is 14.3. The number of rotatable bonds is 8. The summed E-state index contributed by atoms with van der Waals surface area (Å²) in [5, 5.41) is 8.05. The molecule has 1 aromatic carbocycles. The van der Waals surface area contributed by atoms with Gasteiger partial charge in [-0.15, -0.1) is 5.10 Å². The van der Waals surface area contributed by atoms with E-state index >= 15 is 0 Å². The Bertz CT molecular complexity index is 1260. The molecule has 7 nitrogen and oxygen atoms in total. The van der Waals surface area contributed by atoms with Gasteiger partial charge >= 0.3 is 0 Å². The van der Waals surface area contributed by atoms with Crippen molar-refractivity contribution in [2.75, 3.05) is 7.11 Å². The fraction of sp³-hybridized carbons (Fsp3) is 0.304. The van der Waals surface area contributed by atoms with Gasteiger partial charge in [0.15, 0.2) is 17.3 Å². The van der Waals surface area contributed by atoms with Gasteiger partial charge in [0.05, 0.1) is 25.5 Å². The van der Waals surface area contributed by atoms with Crippen LogP contribution in [0, 0.1) is 5.82 Å². The number of ether oxygens (including phenoxy) is 1. The van der Waals surface area contributed by atoms with Crippen LogP contribution < -0.4 is 4.74 Å². The highest BCUT2D eigenvalue weighted by Crippen LogP contribution is 2.39. The molecule has 0 N–H and O–H groups in total. The smallest absolute Gasteiger partial charge is 0.185 e. The van der Waals surface area contributed by atoms with Gasteiger partial charge in [0.1, 0.15) is 11.3 Å². The van der Waals surface area contributed by atoms with Crippen LogP contribution in [-0.4, -0.2) is 37.3 Å². The molecule has 5 rings (SSSR count). The summed E-state index contributed by atoms with van der Waals surface area (Å²) in [6.45, 7) is 0.422. The van der Waals surface area contributed by atoms with Crippen molar-refractivity contribution in [3.8, 4) is 5.75 Å². The zero-order valence-electron chi connectivity index (χ0n) is 17.2. The Labute approximate surface area is 178 Å². The summed E-state index contributed by atoms with van der Waals surface area (Å²) in [5.41, 5.74) is 3.78. The minimum Gasteiger partial charge on any atom is -0.494 e. The van der Waals surface area contributed by atoms with Crippen molar-refractivity contribution in [1.82, 2.24) is 24.4 Å². The average Bonchev–Trinajstić information content (AvgIpc) is 3.39. The van der Waals surface area contributed by atoms with Crippen molar-refractivity contribution in [3.63, 3.8) is 0 Å². The monoisotopic (exact) mass is 419 g/mol. The molecule has 0 amide bonds. The number of benzene rings is 1. The first-order chi connectivity index (χ1) is 15.1. The summed E-state index contributed by atoms with van der Waals surface area (Å²) in [6.07, 6.45) is 8.66. The molecule has 4 aromatic rings. The highest BCUT2D eigenvalue weighted by molar-refractivity contribution is 5.93. The molecule has 31 heavy (non-hydrogen) atoms. The number of carbonyl (C=O) groups excluding carboxylic acids is 1. The first-order valence-electron chi connectivity index (χ1n) is 10.3. The Morgan fingerprint density at radius 1 is 1.19 bits per heavy atom. The Kier molecular flexibility index (Phi) is 4.97. The van der Waals surface area contributed by atoms with E-state index in [0.717, 1.165) is 11.3 Å². The molecule has 0 saturated heterocycles. The third-order valence-corrected chi connectivity index (χ3v) is 5.61. The number of methoxy groups -OCH3 is 1. The molecule has 1 fully saturated rings. The molecule has 0 atom stereocenters. The third-order valence-electron chi connectivity index (χ3n) is 5.61. The molecule has 0 bridgehead atoms. The summed E-state index contributed by atoms with van der Waals surface area (Å²) in [6, 6.07) is 9.09. The lowest BCUT2D eigenvalue weighted by atomic mass is 10.1. The molecule has 0 radical (unpaired) electrons. The number of aryl methyl sites for hydroxylation is 1. The van der Waals surface area contributed by atoms with Crippen LogP contribution in [0.3, 0.4) is 0 Å². The summed E-state index contributed by atoms with van der Waals surface area (Å²) < 4.78 is 22.9. The number of ketones is 1. The molecule has 1 saturated carbocycles. The molecule has 3 heterocycles. The van der Waals surface area contributed by atoms with E-state index in [4.69, 9.17) is 4.74 Å². The maximum atomic E-state index is 14.3. The first kappa shape index (κ1) is 19.4. The number of Topliss-reactive ketones (excluding diaryl/α,β-unsaturated/α-hetero) is 1. The summed E-state index contributed by atoms with van der Waals surface area (Å²) >= 11 is 0. The third kappa shape index (κ3) is 4.05. The van der Waals surface area contributed by atoms with Gasteiger partial charge in [-0.25, -0.2) is 14.1 Å². The standard InChI is InChI=1S/C23H22FN5O2/c1-31-21-4-2-3-16(23(21)24)7-9-20(30)19-14-29(27-26-19)13-18-12-28-11-17(15-5-6-15)8-10-22(28)25-18/h2-4,8,10-12,14-15H,5-7,9,13H2,1H3. The van der Waals surface area contributed by atoms with Crippen molar-refractivity contribution < 1.29 is 13.9 Å². The number of hydrogen-bond donors (Lipinski definition) is 0.